The van der Waals surface area contributed by atoms with Crippen LogP contribution in [0.25, 0.3) is 0 Å². The molecular weight excluding hydrogens is 162 g/mol. The van der Waals surface area contributed by atoms with E-state index in [0.29, 0.717) is 5.41 Å². The van der Waals surface area contributed by atoms with Crippen molar-refractivity contribution in [2.75, 3.05) is 20.3 Å². The fourth-order valence-corrected chi connectivity index (χ4v) is 2.97. The van der Waals surface area contributed by atoms with E-state index in [9.17, 15) is 0 Å². The molecule has 1 saturated heterocycles. The largest absolute Gasteiger partial charge is 0.381 e. The van der Waals surface area contributed by atoms with Gasteiger partial charge in [-0.15, -0.1) is 0 Å². The standard InChI is InChI=1S/C11H21NO/c1-11(9-4-6-13-8-9)5-3-10(7-11)12-2/h9-10,12H,3-8H2,1-2H3. The fraction of sp³-hybridized carbons (Fsp3) is 1.00. The summed E-state index contributed by atoms with van der Waals surface area (Å²) in [6.45, 7) is 4.45. The molecule has 3 atom stereocenters. The molecule has 76 valence electrons. The molecule has 3 unspecified atom stereocenters. The zero-order valence-electron chi connectivity index (χ0n) is 8.81. The predicted octanol–water partition coefficient (Wildman–Crippen LogP) is 1.80. The van der Waals surface area contributed by atoms with Gasteiger partial charge in [0.15, 0.2) is 0 Å². The Bertz CT molecular complexity index is 177. The van der Waals surface area contributed by atoms with Gasteiger partial charge in [-0.25, -0.2) is 0 Å². The molecule has 0 spiro atoms. The molecule has 1 aliphatic carbocycles. The van der Waals surface area contributed by atoms with Gasteiger partial charge in [-0.3, -0.25) is 0 Å². The van der Waals surface area contributed by atoms with E-state index in [1.165, 1.54) is 25.7 Å². The second kappa shape index (κ2) is 3.58. The van der Waals surface area contributed by atoms with Crippen molar-refractivity contribution in [1.82, 2.24) is 5.32 Å². The first-order valence-corrected chi connectivity index (χ1v) is 5.49. The van der Waals surface area contributed by atoms with Crippen molar-refractivity contribution in [3.05, 3.63) is 0 Å². The third-order valence-electron chi connectivity index (χ3n) is 4.10. The van der Waals surface area contributed by atoms with Crippen LogP contribution in [-0.4, -0.2) is 26.3 Å². The maximum Gasteiger partial charge on any atom is 0.0500 e. The molecule has 0 aromatic carbocycles. The van der Waals surface area contributed by atoms with Gasteiger partial charge in [0.2, 0.25) is 0 Å². The molecule has 2 nitrogen and oxygen atoms in total. The topological polar surface area (TPSA) is 21.3 Å². The molecule has 0 aromatic heterocycles. The van der Waals surface area contributed by atoms with Gasteiger partial charge in [-0.1, -0.05) is 6.92 Å². The van der Waals surface area contributed by atoms with E-state index in [2.05, 4.69) is 19.3 Å². The Morgan fingerprint density at radius 2 is 2.23 bits per heavy atom. The van der Waals surface area contributed by atoms with Crippen LogP contribution < -0.4 is 5.32 Å². The van der Waals surface area contributed by atoms with Crippen molar-refractivity contribution < 1.29 is 4.74 Å². The van der Waals surface area contributed by atoms with E-state index in [0.717, 1.165) is 25.2 Å². The average Bonchev–Trinajstić information content (AvgIpc) is 2.72. The van der Waals surface area contributed by atoms with Crippen LogP contribution in [0.4, 0.5) is 0 Å². The third-order valence-corrected chi connectivity index (χ3v) is 4.10. The second-order valence-electron chi connectivity index (χ2n) is 4.94. The van der Waals surface area contributed by atoms with Crippen molar-refractivity contribution >= 4 is 0 Å². The minimum atomic E-state index is 0.560. The van der Waals surface area contributed by atoms with Crippen molar-refractivity contribution in [2.45, 2.75) is 38.6 Å². The van der Waals surface area contributed by atoms with E-state index in [1.807, 2.05) is 0 Å². The van der Waals surface area contributed by atoms with Crippen LogP contribution >= 0.6 is 0 Å². The minimum Gasteiger partial charge on any atom is -0.381 e. The lowest BCUT2D eigenvalue weighted by Crippen LogP contribution is -2.28. The number of hydrogen-bond donors (Lipinski definition) is 1. The molecule has 1 N–H and O–H groups in total. The molecular formula is C11H21NO. The first kappa shape index (κ1) is 9.47. The molecule has 0 radical (unpaired) electrons. The summed E-state index contributed by atoms with van der Waals surface area (Å²) >= 11 is 0. The van der Waals surface area contributed by atoms with Gasteiger partial charge in [-0.2, -0.15) is 0 Å². The van der Waals surface area contributed by atoms with Crippen molar-refractivity contribution in [2.24, 2.45) is 11.3 Å². The molecule has 0 bridgehead atoms. The predicted molar refractivity (Wildman–Crippen MR) is 53.7 cm³/mol. The van der Waals surface area contributed by atoms with Gasteiger partial charge in [0.05, 0.1) is 0 Å². The zero-order valence-corrected chi connectivity index (χ0v) is 8.81. The lowest BCUT2D eigenvalue weighted by Gasteiger charge is -2.30. The summed E-state index contributed by atoms with van der Waals surface area (Å²) in [4.78, 5) is 0. The van der Waals surface area contributed by atoms with Gasteiger partial charge in [0, 0.05) is 19.3 Å². The number of ether oxygens (including phenoxy) is 1. The summed E-state index contributed by atoms with van der Waals surface area (Å²) < 4.78 is 5.48. The average molecular weight is 183 g/mol. The van der Waals surface area contributed by atoms with Crippen molar-refractivity contribution in [3.63, 3.8) is 0 Å². The minimum absolute atomic E-state index is 0.560. The molecule has 2 rings (SSSR count). The smallest absolute Gasteiger partial charge is 0.0500 e. The highest BCUT2D eigenvalue weighted by molar-refractivity contribution is 4.94. The Labute approximate surface area is 81.0 Å². The number of nitrogens with one attached hydrogen (secondary N) is 1. The summed E-state index contributed by atoms with van der Waals surface area (Å²) in [5.74, 6) is 0.825. The summed E-state index contributed by atoms with van der Waals surface area (Å²) in [7, 11) is 2.08. The van der Waals surface area contributed by atoms with Crippen LogP contribution in [0.5, 0.6) is 0 Å². The molecule has 13 heavy (non-hydrogen) atoms. The monoisotopic (exact) mass is 183 g/mol. The van der Waals surface area contributed by atoms with Crippen LogP contribution in [-0.2, 0) is 4.74 Å². The lowest BCUT2D eigenvalue weighted by molar-refractivity contribution is 0.133. The van der Waals surface area contributed by atoms with Gasteiger partial charge in [-0.05, 0) is 44.1 Å². The number of rotatable bonds is 2. The zero-order chi connectivity index (χ0) is 9.31. The molecule has 0 aromatic rings. The fourth-order valence-electron chi connectivity index (χ4n) is 2.97. The number of hydrogen-bond acceptors (Lipinski definition) is 2. The van der Waals surface area contributed by atoms with Crippen LogP contribution in [0.15, 0.2) is 0 Å². The van der Waals surface area contributed by atoms with Crippen molar-refractivity contribution in [3.8, 4) is 0 Å². The van der Waals surface area contributed by atoms with Gasteiger partial charge in [0.1, 0.15) is 0 Å². The van der Waals surface area contributed by atoms with E-state index in [-0.39, 0.29) is 0 Å². The van der Waals surface area contributed by atoms with Crippen molar-refractivity contribution in [1.29, 1.82) is 0 Å². The van der Waals surface area contributed by atoms with Crippen LogP contribution in [0.3, 0.4) is 0 Å². The van der Waals surface area contributed by atoms with Gasteiger partial charge in [0.25, 0.3) is 0 Å². The Kier molecular flexibility index (Phi) is 2.61. The second-order valence-corrected chi connectivity index (χ2v) is 4.94. The van der Waals surface area contributed by atoms with E-state index in [4.69, 9.17) is 4.74 Å². The third kappa shape index (κ3) is 1.75. The summed E-state index contributed by atoms with van der Waals surface area (Å²) in [6, 6.07) is 0.755. The van der Waals surface area contributed by atoms with Crippen LogP contribution in [0.2, 0.25) is 0 Å². The Morgan fingerprint density at radius 1 is 1.38 bits per heavy atom. The SMILES string of the molecule is CNC1CCC(C)(C2CCOC2)C1. The molecule has 0 amide bonds. The normalized spacial score (nSPS) is 45.7. The molecule has 1 saturated carbocycles. The Morgan fingerprint density at radius 3 is 2.77 bits per heavy atom. The van der Waals surface area contributed by atoms with E-state index >= 15 is 0 Å². The molecule has 1 aliphatic heterocycles. The lowest BCUT2D eigenvalue weighted by atomic mass is 9.75. The highest BCUT2D eigenvalue weighted by Crippen LogP contribution is 2.46. The maximum atomic E-state index is 5.48. The highest BCUT2D eigenvalue weighted by atomic mass is 16.5. The summed E-state index contributed by atoms with van der Waals surface area (Å²) in [5.41, 5.74) is 0.560. The molecule has 2 fully saturated rings. The first-order valence-electron chi connectivity index (χ1n) is 5.49. The molecule has 2 heteroatoms. The Balaban J connectivity index is 1.96. The highest BCUT2D eigenvalue weighted by Gasteiger charge is 2.42. The van der Waals surface area contributed by atoms with Crippen LogP contribution in [0, 0.1) is 11.3 Å². The Hall–Kier alpha value is -0.0800. The molecule has 2 aliphatic rings. The van der Waals surface area contributed by atoms with Crippen LogP contribution in [0.1, 0.15) is 32.6 Å². The van der Waals surface area contributed by atoms with E-state index in [1.54, 1.807) is 0 Å². The first-order chi connectivity index (χ1) is 6.24. The molecule has 1 heterocycles. The summed E-state index contributed by atoms with van der Waals surface area (Å²) in [6.07, 6.45) is 5.36. The maximum absolute atomic E-state index is 5.48. The van der Waals surface area contributed by atoms with Gasteiger partial charge >= 0.3 is 0 Å². The quantitative estimate of drug-likeness (QED) is 0.705. The van der Waals surface area contributed by atoms with E-state index < -0.39 is 0 Å². The van der Waals surface area contributed by atoms with Gasteiger partial charge < -0.3 is 10.1 Å². The summed E-state index contributed by atoms with van der Waals surface area (Å²) in [5, 5.41) is 3.40.